The van der Waals surface area contributed by atoms with Crippen LogP contribution in [0, 0.1) is 0 Å². The molecule has 0 aromatic carbocycles. The predicted octanol–water partition coefficient (Wildman–Crippen LogP) is 1.43. The fraction of sp³-hybridized carbons (Fsp3) is 0.636. The van der Waals surface area contributed by atoms with Crippen LogP contribution >= 0.6 is 0 Å². The summed E-state index contributed by atoms with van der Waals surface area (Å²) in [5.41, 5.74) is -0.599. The van der Waals surface area contributed by atoms with Gasteiger partial charge in [0.1, 0.15) is 11.4 Å². The minimum atomic E-state index is -1.23. The number of nitrogens with zero attached hydrogens (tertiary/aromatic N) is 3. The molecule has 19 heavy (non-hydrogen) atoms. The standard InChI is InChI=1S/C11H18N4O4/c1-6(7-12-8(9(16)17)14-13-7)15(5)10(18)19-11(2,3)4/h6H,1-5H3,(H,16,17)(H,12,13,14). The molecule has 0 aliphatic rings. The average molecular weight is 270 g/mol. The molecule has 0 radical (unpaired) electrons. The zero-order valence-corrected chi connectivity index (χ0v) is 11.6. The number of carbonyl (C=O) groups is 2. The van der Waals surface area contributed by atoms with Crippen molar-refractivity contribution in [2.24, 2.45) is 0 Å². The van der Waals surface area contributed by atoms with Gasteiger partial charge in [-0.1, -0.05) is 0 Å². The number of rotatable bonds is 3. The molecule has 2 N–H and O–H groups in total. The second-order valence-electron chi connectivity index (χ2n) is 5.12. The van der Waals surface area contributed by atoms with Crippen molar-refractivity contribution in [3.8, 4) is 0 Å². The Hall–Kier alpha value is -2.12. The molecule has 0 fully saturated rings. The topological polar surface area (TPSA) is 108 Å². The number of aromatic amines is 1. The second-order valence-corrected chi connectivity index (χ2v) is 5.12. The molecular formula is C11H18N4O4. The van der Waals surface area contributed by atoms with Gasteiger partial charge >= 0.3 is 12.1 Å². The Balaban J connectivity index is 2.78. The third-order valence-electron chi connectivity index (χ3n) is 2.35. The summed E-state index contributed by atoms with van der Waals surface area (Å²) in [4.78, 5) is 27.6. The van der Waals surface area contributed by atoms with Gasteiger partial charge in [0.2, 0.25) is 0 Å². The number of aromatic carboxylic acids is 1. The molecule has 0 saturated carbocycles. The van der Waals surface area contributed by atoms with E-state index in [1.807, 2.05) is 0 Å². The highest BCUT2D eigenvalue weighted by Gasteiger charge is 2.26. The molecule has 0 bridgehead atoms. The largest absolute Gasteiger partial charge is 0.475 e. The monoisotopic (exact) mass is 270 g/mol. The fourth-order valence-electron chi connectivity index (χ4n) is 1.23. The van der Waals surface area contributed by atoms with Crippen molar-refractivity contribution in [3.05, 3.63) is 11.6 Å². The highest BCUT2D eigenvalue weighted by molar-refractivity contribution is 5.82. The van der Waals surface area contributed by atoms with Crippen LogP contribution < -0.4 is 0 Å². The van der Waals surface area contributed by atoms with E-state index in [0.717, 1.165) is 0 Å². The van der Waals surface area contributed by atoms with Crippen molar-refractivity contribution in [1.29, 1.82) is 0 Å². The third-order valence-corrected chi connectivity index (χ3v) is 2.35. The number of amides is 1. The first kappa shape index (κ1) is 14.9. The number of hydrogen-bond donors (Lipinski definition) is 2. The van der Waals surface area contributed by atoms with Gasteiger partial charge in [-0.25, -0.2) is 14.6 Å². The molecule has 1 amide bonds. The van der Waals surface area contributed by atoms with Crippen LogP contribution in [0.2, 0.25) is 0 Å². The molecule has 106 valence electrons. The first-order valence-corrected chi connectivity index (χ1v) is 5.73. The van der Waals surface area contributed by atoms with E-state index < -0.39 is 23.7 Å². The summed E-state index contributed by atoms with van der Waals surface area (Å²) in [7, 11) is 1.54. The third kappa shape index (κ3) is 3.94. The lowest BCUT2D eigenvalue weighted by atomic mass is 10.2. The van der Waals surface area contributed by atoms with Gasteiger partial charge in [-0.3, -0.25) is 5.10 Å². The number of carboxylic acids is 1. The quantitative estimate of drug-likeness (QED) is 0.860. The van der Waals surface area contributed by atoms with Crippen molar-refractivity contribution in [3.63, 3.8) is 0 Å². The van der Waals surface area contributed by atoms with Gasteiger partial charge in [0, 0.05) is 7.05 Å². The molecule has 1 rings (SSSR count). The van der Waals surface area contributed by atoms with Crippen LogP contribution in [0.25, 0.3) is 0 Å². The second kappa shape index (κ2) is 5.25. The van der Waals surface area contributed by atoms with Crippen molar-refractivity contribution in [2.45, 2.75) is 39.3 Å². The molecule has 0 aliphatic carbocycles. The van der Waals surface area contributed by atoms with E-state index >= 15 is 0 Å². The van der Waals surface area contributed by atoms with Crippen LogP contribution in [0.5, 0.6) is 0 Å². The van der Waals surface area contributed by atoms with Gasteiger partial charge < -0.3 is 14.7 Å². The lowest BCUT2D eigenvalue weighted by Gasteiger charge is -2.27. The van der Waals surface area contributed by atoms with E-state index in [2.05, 4.69) is 15.2 Å². The molecule has 1 atom stereocenters. The maximum absolute atomic E-state index is 11.8. The zero-order chi connectivity index (χ0) is 14.8. The number of H-pyrrole nitrogens is 1. The molecule has 8 nitrogen and oxygen atoms in total. The van der Waals surface area contributed by atoms with Gasteiger partial charge in [0.05, 0.1) is 6.04 Å². The number of nitrogens with one attached hydrogen (secondary N) is 1. The molecule has 0 spiro atoms. The first-order chi connectivity index (χ1) is 8.61. The fourth-order valence-corrected chi connectivity index (χ4v) is 1.23. The summed E-state index contributed by atoms with van der Waals surface area (Å²) in [5.74, 6) is -1.28. The Bertz CT molecular complexity index is 477. The Morgan fingerprint density at radius 1 is 1.42 bits per heavy atom. The number of carbonyl (C=O) groups excluding carboxylic acids is 1. The molecule has 1 heterocycles. The van der Waals surface area contributed by atoms with E-state index in [4.69, 9.17) is 9.84 Å². The zero-order valence-electron chi connectivity index (χ0n) is 11.6. The molecule has 1 unspecified atom stereocenters. The van der Waals surface area contributed by atoms with E-state index in [1.165, 1.54) is 4.90 Å². The molecule has 1 aromatic rings. The van der Waals surface area contributed by atoms with Crippen LogP contribution in [0.1, 0.15) is 50.2 Å². The first-order valence-electron chi connectivity index (χ1n) is 5.73. The number of ether oxygens (including phenoxy) is 1. The normalized spacial score (nSPS) is 12.9. The number of aromatic nitrogens is 3. The lowest BCUT2D eigenvalue weighted by molar-refractivity contribution is 0.0227. The minimum Gasteiger partial charge on any atom is -0.475 e. The van der Waals surface area contributed by atoms with Gasteiger partial charge in [-0.2, -0.15) is 0 Å². The van der Waals surface area contributed by atoms with E-state index in [0.29, 0.717) is 0 Å². The van der Waals surface area contributed by atoms with Gasteiger partial charge in [0.25, 0.3) is 5.82 Å². The highest BCUT2D eigenvalue weighted by atomic mass is 16.6. The summed E-state index contributed by atoms with van der Waals surface area (Å²) in [6.45, 7) is 6.98. The highest BCUT2D eigenvalue weighted by Crippen LogP contribution is 2.18. The Labute approximate surface area is 110 Å². The molecule has 8 heteroatoms. The van der Waals surface area contributed by atoms with Crippen molar-refractivity contribution in [2.75, 3.05) is 7.05 Å². The Morgan fingerprint density at radius 2 is 2.00 bits per heavy atom. The van der Waals surface area contributed by atoms with E-state index in [9.17, 15) is 9.59 Å². The van der Waals surface area contributed by atoms with Crippen LogP contribution in [-0.2, 0) is 4.74 Å². The summed E-state index contributed by atoms with van der Waals surface area (Å²) >= 11 is 0. The summed E-state index contributed by atoms with van der Waals surface area (Å²) in [6, 6.07) is -0.476. The Kier molecular flexibility index (Phi) is 4.13. The maximum atomic E-state index is 11.8. The Morgan fingerprint density at radius 3 is 2.42 bits per heavy atom. The van der Waals surface area contributed by atoms with Gasteiger partial charge in [-0.05, 0) is 27.7 Å². The summed E-state index contributed by atoms with van der Waals surface area (Å²) in [6.07, 6.45) is -0.520. The van der Waals surface area contributed by atoms with Crippen LogP contribution in [0.3, 0.4) is 0 Å². The molecule has 0 aliphatic heterocycles. The predicted molar refractivity (Wildman–Crippen MR) is 65.8 cm³/mol. The van der Waals surface area contributed by atoms with Crippen LogP contribution in [0.4, 0.5) is 4.79 Å². The molecule has 0 saturated heterocycles. The SMILES string of the molecule is CC(c1nc(C(=O)O)n[nH]1)N(C)C(=O)OC(C)(C)C. The van der Waals surface area contributed by atoms with Crippen molar-refractivity contribution in [1.82, 2.24) is 20.1 Å². The number of carboxylic acid groups (broad SMARTS) is 1. The van der Waals surface area contributed by atoms with E-state index in [1.54, 1.807) is 34.7 Å². The summed E-state index contributed by atoms with van der Waals surface area (Å²) in [5, 5.41) is 14.8. The van der Waals surface area contributed by atoms with E-state index in [-0.39, 0.29) is 11.6 Å². The number of hydrogen-bond acceptors (Lipinski definition) is 5. The van der Waals surface area contributed by atoms with Crippen LogP contribution in [0.15, 0.2) is 0 Å². The minimum absolute atomic E-state index is 0.283. The lowest BCUT2D eigenvalue weighted by Crippen LogP contribution is -2.36. The van der Waals surface area contributed by atoms with Crippen molar-refractivity contribution >= 4 is 12.1 Å². The molecular weight excluding hydrogens is 252 g/mol. The van der Waals surface area contributed by atoms with Gasteiger partial charge in [-0.15, -0.1) is 5.10 Å². The molecule has 1 aromatic heterocycles. The average Bonchev–Trinajstić information content (AvgIpc) is 2.73. The van der Waals surface area contributed by atoms with Gasteiger partial charge in [0.15, 0.2) is 0 Å². The maximum Gasteiger partial charge on any atom is 0.410 e. The smallest absolute Gasteiger partial charge is 0.410 e. The summed E-state index contributed by atoms with van der Waals surface area (Å²) < 4.78 is 5.20. The van der Waals surface area contributed by atoms with Crippen molar-refractivity contribution < 1.29 is 19.4 Å². The van der Waals surface area contributed by atoms with Crippen LogP contribution in [-0.4, -0.2) is 49.9 Å².